The van der Waals surface area contributed by atoms with Gasteiger partial charge in [-0.25, -0.2) is 0 Å². The SMILES string of the molecule is C[C@@H](OCC1CCCCC1)[C@H](NC(=O)[C@@H]1CN(C(=O)c2cnn(C(F)(F)F)c2)CC12CN(C(=O)[C@H]1CC1(C)C)C2)C(=O)N1CCCCC1. The second-order valence-corrected chi connectivity index (χ2v) is 15.6. The Bertz CT molecular complexity index is 1380. The van der Waals surface area contributed by atoms with Crippen LogP contribution in [-0.2, 0) is 25.4 Å². The number of piperidine rings is 1. The summed E-state index contributed by atoms with van der Waals surface area (Å²) in [6.45, 7) is 8.16. The van der Waals surface area contributed by atoms with Gasteiger partial charge in [-0.15, -0.1) is 13.2 Å². The Morgan fingerprint density at radius 2 is 1.58 bits per heavy atom. The lowest BCUT2D eigenvalue weighted by atomic mass is 9.70. The Morgan fingerprint density at radius 3 is 2.19 bits per heavy atom. The molecular weight excluding hydrogens is 629 g/mol. The van der Waals surface area contributed by atoms with Crippen LogP contribution in [0, 0.1) is 28.6 Å². The average molecular weight is 679 g/mol. The predicted molar refractivity (Wildman–Crippen MR) is 168 cm³/mol. The van der Waals surface area contributed by atoms with Crippen LogP contribution >= 0.6 is 0 Å². The molecule has 5 aliphatic rings. The van der Waals surface area contributed by atoms with Crippen molar-refractivity contribution in [3.05, 3.63) is 18.0 Å². The highest BCUT2D eigenvalue weighted by Gasteiger charge is 2.62. The standard InChI is InChI=1S/C34H49F3N6O5/c1-22(48-18-23-10-6-4-7-11-23)27(31(47)40-12-8-5-9-13-40)39-28(44)26-17-41(29(45)24-15-38-43(16-24)34(35,36)37)19-33(26)20-42(21-33)30(46)25-14-32(25,2)3/h15-16,22-23,25-27H,4-14,17-21H2,1-3H3,(H,39,44)/t22-,25-,26+,27+/m1/s1. The van der Waals surface area contributed by atoms with Gasteiger partial charge in [-0.1, -0.05) is 33.1 Å². The summed E-state index contributed by atoms with van der Waals surface area (Å²) in [6.07, 6.45) is 5.44. The number of carbonyl (C=O) groups is 4. The van der Waals surface area contributed by atoms with E-state index in [2.05, 4.69) is 10.4 Å². The predicted octanol–water partition coefficient (Wildman–Crippen LogP) is 3.79. The Morgan fingerprint density at radius 1 is 0.958 bits per heavy atom. The monoisotopic (exact) mass is 678 g/mol. The van der Waals surface area contributed by atoms with Gasteiger partial charge in [-0.05, 0) is 56.8 Å². The van der Waals surface area contributed by atoms with E-state index < -0.39 is 41.6 Å². The number of aromatic nitrogens is 2. The first-order valence-electron chi connectivity index (χ1n) is 17.6. The number of ether oxygens (including phenoxy) is 1. The fourth-order valence-corrected chi connectivity index (χ4v) is 8.22. The zero-order valence-corrected chi connectivity index (χ0v) is 28.3. The summed E-state index contributed by atoms with van der Waals surface area (Å²) < 4.78 is 45.8. The van der Waals surface area contributed by atoms with Gasteiger partial charge in [-0.2, -0.15) is 9.78 Å². The molecule has 1 aromatic rings. The van der Waals surface area contributed by atoms with Crippen molar-refractivity contribution >= 4 is 23.6 Å². The van der Waals surface area contributed by atoms with E-state index in [9.17, 15) is 32.3 Å². The number of alkyl halides is 3. The van der Waals surface area contributed by atoms with Gasteiger partial charge in [0.15, 0.2) is 0 Å². The van der Waals surface area contributed by atoms with E-state index >= 15 is 0 Å². The molecule has 0 bridgehead atoms. The van der Waals surface area contributed by atoms with Gasteiger partial charge >= 0.3 is 6.30 Å². The van der Waals surface area contributed by atoms with Crippen LogP contribution in [0.2, 0.25) is 0 Å². The first kappa shape index (κ1) is 34.7. The minimum Gasteiger partial charge on any atom is -0.376 e. The first-order chi connectivity index (χ1) is 22.7. The molecule has 3 saturated heterocycles. The van der Waals surface area contributed by atoms with Crippen LogP contribution in [0.3, 0.4) is 0 Å². The van der Waals surface area contributed by atoms with Crippen molar-refractivity contribution in [1.82, 2.24) is 29.8 Å². The van der Waals surface area contributed by atoms with Gasteiger partial charge in [0.1, 0.15) is 6.04 Å². The normalized spacial score (nSPS) is 26.6. The number of hydrogen-bond acceptors (Lipinski definition) is 6. The molecule has 6 rings (SSSR count). The maximum absolute atomic E-state index is 14.3. The van der Waals surface area contributed by atoms with Crippen LogP contribution in [0.5, 0.6) is 0 Å². The van der Waals surface area contributed by atoms with E-state index in [1.807, 2.05) is 20.8 Å². The highest BCUT2D eigenvalue weighted by Crippen LogP contribution is 2.54. The minimum absolute atomic E-state index is 0.0175. The molecule has 2 aliphatic carbocycles. The molecule has 1 N–H and O–H groups in total. The molecule has 14 heteroatoms. The Balaban J connectivity index is 1.20. The van der Waals surface area contributed by atoms with E-state index in [-0.39, 0.29) is 59.6 Å². The quantitative estimate of drug-likeness (QED) is 0.425. The highest BCUT2D eigenvalue weighted by atomic mass is 19.4. The van der Waals surface area contributed by atoms with Gasteiger partial charge in [0.05, 0.1) is 23.8 Å². The van der Waals surface area contributed by atoms with Crippen molar-refractivity contribution < 1.29 is 37.1 Å². The first-order valence-corrected chi connectivity index (χ1v) is 17.6. The highest BCUT2D eigenvalue weighted by molar-refractivity contribution is 5.96. The third kappa shape index (κ3) is 7.09. The molecule has 266 valence electrons. The molecule has 0 aromatic carbocycles. The Kier molecular flexibility index (Phi) is 9.60. The van der Waals surface area contributed by atoms with Crippen molar-refractivity contribution in [1.29, 1.82) is 0 Å². The second-order valence-electron chi connectivity index (χ2n) is 15.6. The van der Waals surface area contributed by atoms with E-state index in [4.69, 9.17) is 4.74 Å². The van der Waals surface area contributed by atoms with Crippen LogP contribution in [0.15, 0.2) is 12.4 Å². The molecule has 11 nitrogen and oxygen atoms in total. The molecule has 5 fully saturated rings. The zero-order chi connectivity index (χ0) is 34.4. The van der Waals surface area contributed by atoms with Crippen LogP contribution in [0.4, 0.5) is 13.2 Å². The lowest BCUT2D eigenvalue weighted by Crippen LogP contribution is -2.65. The topological polar surface area (TPSA) is 117 Å². The number of rotatable bonds is 9. The third-order valence-corrected chi connectivity index (χ3v) is 11.5. The smallest absolute Gasteiger partial charge is 0.376 e. The van der Waals surface area contributed by atoms with Crippen molar-refractivity contribution in [2.75, 3.05) is 45.9 Å². The summed E-state index contributed by atoms with van der Waals surface area (Å²) in [7, 11) is 0. The van der Waals surface area contributed by atoms with E-state index in [1.165, 1.54) is 11.3 Å². The maximum atomic E-state index is 14.3. The summed E-state index contributed by atoms with van der Waals surface area (Å²) >= 11 is 0. The van der Waals surface area contributed by atoms with Crippen LogP contribution in [-0.4, -0.2) is 106 Å². The third-order valence-electron chi connectivity index (χ3n) is 11.5. The molecule has 0 radical (unpaired) electrons. The molecule has 1 spiro atoms. The van der Waals surface area contributed by atoms with Gasteiger partial charge in [0.25, 0.3) is 5.91 Å². The van der Waals surface area contributed by atoms with Crippen molar-refractivity contribution in [2.45, 2.75) is 97.0 Å². The van der Waals surface area contributed by atoms with Gasteiger partial charge < -0.3 is 24.8 Å². The molecule has 2 saturated carbocycles. The molecule has 0 unspecified atom stereocenters. The molecule has 4 heterocycles. The summed E-state index contributed by atoms with van der Waals surface area (Å²) in [5.41, 5.74) is -1.11. The van der Waals surface area contributed by atoms with Crippen molar-refractivity contribution in [3.8, 4) is 0 Å². The largest absolute Gasteiger partial charge is 0.504 e. The molecule has 4 amide bonds. The summed E-state index contributed by atoms with van der Waals surface area (Å²) in [5.74, 6) is -1.72. The van der Waals surface area contributed by atoms with Crippen LogP contribution in [0.1, 0.15) is 88.9 Å². The fourth-order valence-electron chi connectivity index (χ4n) is 8.22. The van der Waals surface area contributed by atoms with E-state index in [0.717, 1.165) is 57.6 Å². The van der Waals surface area contributed by atoms with Gasteiger partial charge in [0, 0.05) is 63.4 Å². The molecule has 3 aliphatic heterocycles. The molecule has 4 atom stereocenters. The molecule has 1 aromatic heterocycles. The maximum Gasteiger partial charge on any atom is 0.504 e. The van der Waals surface area contributed by atoms with Gasteiger partial charge in [-0.3, -0.25) is 19.2 Å². The number of carbonyl (C=O) groups excluding carboxylic acids is 4. The lowest BCUT2D eigenvalue weighted by Gasteiger charge is -2.50. The van der Waals surface area contributed by atoms with Crippen molar-refractivity contribution in [3.63, 3.8) is 0 Å². The number of hydrogen-bond donors (Lipinski definition) is 1. The van der Waals surface area contributed by atoms with Crippen molar-refractivity contribution in [2.24, 2.45) is 28.6 Å². The number of amides is 4. The van der Waals surface area contributed by atoms with Crippen LogP contribution < -0.4 is 5.32 Å². The Labute approximate surface area is 279 Å². The minimum atomic E-state index is -4.77. The zero-order valence-electron chi connectivity index (χ0n) is 28.3. The fraction of sp³-hybridized carbons (Fsp3) is 0.794. The number of halogens is 3. The van der Waals surface area contributed by atoms with E-state index in [0.29, 0.717) is 31.8 Å². The summed E-state index contributed by atoms with van der Waals surface area (Å²) in [4.78, 5) is 59.8. The lowest BCUT2D eigenvalue weighted by molar-refractivity contribution is -0.212. The molecular formula is C34H49F3N6O5. The summed E-state index contributed by atoms with van der Waals surface area (Å²) in [5, 5.41) is 6.33. The number of nitrogens with zero attached hydrogens (tertiary/aromatic N) is 5. The molecule has 48 heavy (non-hydrogen) atoms. The Hall–Kier alpha value is -3.16. The van der Waals surface area contributed by atoms with E-state index in [1.54, 1.807) is 9.80 Å². The summed E-state index contributed by atoms with van der Waals surface area (Å²) in [6, 6.07) is -0.934. The average Bonchev–Trinajstić information content (AvgIpc) is 3.39. The van der Waals surface area contributed by atoms with Crippen LogP contribution in [0.25, 0.3) is 0 Å². The number of likely N-dealkylation sites (tertiary alicyclic amines) is 3. The number of nitrogens with one attached hydrogen (secondary N) is 1. The second kappa shape index (κ2) is 13.3. The van der Waals surface area contributed by atoms with Gasteiger partial charge in [0.2, 0.25) is 17.7 Å².